The molecule has 0 radical (unpaired) electrons. The summed E-state index contributed by atoms with van der Waals surface area (Å²) in [6.07, 6.45) is 2.80. The predicted molar refractivity (Wildman–Crippen MR) is 50.9 cm³/mol. The van der Waals surface area contributed by atoms with Crippen molar-refractivity contribution in [3.63, 3.8) is 0 Å². The van der Waals surface area contributed by atoms with Crippen LogP contribution in [0.3, 0.4) is 0 Å². The highest BCUT2D eigenvalue weighted by Crippen LogP contribution is 2.57. The average molecular weight is 225 g/mol. The summed E-state index contributed by atoms with van der Waals surface area (Å²) < 4.78 is 29.2. The molecular formula is C10H15ClF2O. The van der Waals surface area contributed by atoms with Crippen molar-refractivity contribution >= 4 is 11.6 Å². The van der Waals surface area contributed by atoms with E-state index in [1.54, 1.807) is 0 Å². The minimum Gasteiger partial charge on any atom is -0.372 e. The Hall–Kier alpha value is 0.110. The molecule has 0 aromatic rings. The fraction of sp³-hybridized carbons (Fsp3) is 1.00. The molecule has 0 aromatic carbocycles. The summed E-state index contributed by atoms with van der Waals surface area (Å²) in [5, 5.41) is 0.146. The Kier molecular flexibility index (Phi) is 2.98. The minimum absolute atomic E-state index is 0.0125. The van der Waals surface area contributed by atoms with E-state index in [1.165, 1.54) is 0 Å². The molecule has 0 aliphatic heterocycles. The molecule has 2 aliphatic rings. The zero-order chi connectivity index (χ0) is 10.2. The van der Waals surface area contributed by atoms with E-state index in [4.69, 9.17) is 16.3 Å². The Morgan fingerprint density at radius 2 is 2.00 bits per heavy atom. The van der Waals surface area contributed by atoms with Crippen LogP contribution in [0.1, 0.15) is 32.1 Å². The van der Waals surface area contributed by atoms with E-state index in [0.717, 1.165) is 32.1 Å². The lowest BCUT2D eigenvalue weighted by Gasteiger charge is -2.51. The number of alkyl halides is 3. The van der Waals surface area contributed by atoms with Gasteiger partial charge in [-0.3, -0.25) is 0 Å². The van der Waals surface area contributed by atoms with Gasteiger partial charge in [-0.2, -0.15) is 0 Å². The van der Waals surface area contributed by atoms with E-state index in [-0.39, 0.29) is 16.9 Å². The Bertz CT molecular complexity index is 204. The molecule has 1 spiro atoms. The van der Waals surface area contributed by atoms with E-state index in [0.29, 0.717) is 0 Å². The molecule has 0 heterocycles. The van der Waals surface area contributed by atoms with Gasteiger partial charge in [-0.25, -0.2) is 8.78 Å². The number of ether oxygens (including phenoxy) is 1. The van der Waals surface area contributed by atoms with Crippen molar-refractivity contribution in [3.8, 4) is 0 Å². The van der Waals surface area contributed by atoms with Crippen LogP contribution in [0.25, 0.3) is 0 Å². The Labute approximate surface area is 87.8 Å². The number of halogens is 3. The summed E-state index contributed by atoms with van der Waals surface area (Å²) in [4.78, 5) is 0. The number of hydrogen-bond acceptors (Lipinski definition) is 1. The van der Waals surface area contributed by atoms with Crippen LogP contribution in [-0.2, 0) is 4.74 Å². The summed E-state index contributed by atoms with van der Waals surface area (Å²) in [7, 11) is 0. The minimum atomic E-state index is -2.36. The van der Waals surface area contributed by atoms with Crippen LogP contribution >= 0.6 is 11.6 Å². The molecule has 0 N–H and O–H groups in total. The topological polar surface area (TPSA) is 9.23 Å². The summed E-state index contributed by atoms with van der Waals surface area (Å²) >= 11 is 6.15. The maximum Gasteiger partial charge on any atom is 0.261 e. The first-order valence-corrected chi connectivity index (χ1v) is 5.62. The highest BCUT2D eigenvalue weighted by atomic mass is 35.5. The van der Waals surface area contributed by atoms with Gasteiger partial charge in [0.1, 0.15) is 6.61 Å². The van der Waals surface area contributed by atoms with Crippen molar-refractivity contribution in [1.29, 1.82) is 0 Å². The van der Waals surface area contributed by atoms with Gasteiger partial charge < -0.3 is 4.74 Å². The molecule has 82 valence electrons. The van der Waals surface area contributed by atoms with Crippen LogP contribution in [0.2, 0.25) is 0 Å². The molecule has 2 unspecified atom stereocenters. The molecule has 4 heteroatoms. The summed E-state index contributed by atoms with van der Waals surface area (Å²) in [6.45, 7) is -0.434. The summed E-state index contributed by atoms with van der Waals surface area (Å²) in [6, 6.07) is 0. The molecule has 2 fully saturated rings. The molecular weight excluding hydrogens is 210 g/mol. The average Bonchev–Trinajstić information content (AvgIpc) is 2.62. The molecule has 2 rings (SSSR count). The molecule has 2 aliphatic carbocycles. The van der Waals surface area contributed by atoms with Crippen LogP contribution < -0.4 is 0 Å². The van der Waals surface area contributed by atoms with Crippen molar-refractivity contribution in [1.82, 2.24) is 0 Å². The lowest BCUT2D eigenvalue weighted by Crippen LogP contribution is -2.54. The van der Waals surface area contributed by atoms with E-state index < -0.39 is 13.0 Å². The van der Waals surface area contributed by atoms with Crippen molar-refractivity contribution < 1.29 is 13.5 Å². The highest BCUT2D eigenvalue weighted by Gasteiger charge is 2.56. The highest BCUT2D eigenvalue weighted by molar-refractivity contribution is 6.21. The SMILES string of the molecule is FC(F)COC1CC(Cl)C12CCCC2. The Morgan fingerprint density at radius 1 is 1.36 bits per heavy atom. The normalized spacial score (nSPS) is 35.1. The van der Waals surface area contributed by atoms with Gasteiger partial charge in [-0.15, -0.1) is 11.6 Å². The molecule has 0 saturated heterocycles. The smallest absolute Gasteiger partial charge is 0.261 e. The lowest BCUT2D eigenvalue weighted by molar-refractivity contribution is -0.129. The zero-order valence-corrected chi connectivity index (χ0v) is 8.77. The maximum absolute atomic E-state index is 12.0. The van der Waals surface area contributed by atoms with Gasteiger partial charge in [0, 0.05) is 10.8 Å². The Morgan fingerprint density at radius 3 is 2.50 bits per heavy atom. The second-order valence-corrected chi connectivity index (χ2v) is 4.88. The summed E-state index contributed by atoms with van der Waals surface area (Å²) in [5.74, 6) is 0. The first-order valence-electron chi connectivity index (χ1n) is 5.19. The first-order chi connectivity index (χ1) is 6.65. The van der Waals surface area contributed by atoms with Crippen LogP contribution in [0.4, 0.5) is 8.78 Å². The van der Waals surface area contributed by atoms with Gasteiger partial charge >= 0.3 is 0 Å². The molecule has 1 nitrogen and oxygen atoms in total. The van der Waals surface area contributed by atoms with E-state index in [2.05, 4.69) is 0 Å². The fourth-order valence-corrected chi connectivity index (χ4v) is 3.31. The van der Waals surface area contributed by atoms with Gasteiger partial charge in [0.2, 0.25) is 0 Å². The van der Waals surface area contributed by atoms with Gasteiger partial charge in [0.15, 0.2) is 0 Å². The van der Waals surface area contributed by atoms with Gasteiger partial charge in [0.25, 0.3) is 6.43 Å². The quantitative estimate of drug-likeness (QED) is 0.669. The monoisotopic (exact) mass is 224 g/mol. The predicted octanol–water partition coefficient (Wildman–Crippen LogP) is 3.21. The largest absolute Gasteiger partial charge is 0.372 e. The molecule has 0 amide bonds. The Balaban J connectivity index is 1.88. The van der Waals surface area contributed by atoms with Crippen molar-refractivity contribution in [3.05, 3.63) is 0 Å². The molecule has 2 saturated carbocycles. The third-order valence-corrected chi connectivity index (χ3v) is 4.26. The van der Waals surface area contributed by atoms with Gasteiger partial charge in [-0.05, 0) is 19.3 Å². The van der Waals surface area contributed by atoms with Crippen molar-refractivity contribution in [2.75, 3.05) is 6.61 Å². The van der Waals surface area contributed by atoms with E-state index in [1.807, 2.05) is 0 Å². The molecule has 14 heavy (non-hydrogen) atoms. The standard InChI is InChI=1S/C10H15ClF2O/c11-7-5-8(14-6-9(12)13)10(7)3-1-2-4-10/h7-9H,1-6H2. The van der Waals surface area contributed by atoms with Crippen LogP contribution in [0, 0.1) is 5.41 Å². The van der Waals surface area contributed by atoms with Crippen LogP contribution in [0.15, 0.2) is 0 Å². The lowest BCUT2D eigenvalue weighted by atomic mass is 9.64. The number of rotatable bonds is 3. The molecule has 2 atom stereocenters. The van der Waals surface area contributed by atoms with Gasteiger partial charge in [0.05, 0.1) is 6.10 Å². The van der Waals surface area contributed by atoms with Crippen LogP contribution in [-0.4, -0.2) is 24.5 Å². The zero-order valence-electron chi connectivity index (χ0n) is 8.02. The second-order valence-electron chi connectivity index (χ2n) is 4.36. The third kappa shape index (κ3) is 1.65. The first kappa shape index (κ1) is 10.6. The van der Waals surface area contributed by atoms with Crippen molar-refractivity contribution in [2.45, 2.75) is 50.0 Å². The van der Waals surface area contributed by atoms with Crippen LogP contribution in [0.5, 0.6) is 0 Å². The third-order valence-electron chi connectivity index (χ3n) is 3.64. The van der Waals surface area contributed by atoms with Gasteiger partial charge in [-0.1, -0.05) is 12.8 Å². The maximum atomic E-state index is 12.0. The fourth-order valence-electron chi connectivity index (χ4n) is 2.79. The number of hydrogen-bond donors (Lipinski definition) is 0. The van der Waals surface area contributed by atoms with E-state index >= 15 is 0 Å². The van der Waals surface area contributed by atoms with E-state index in [9.17, 15) is 8.78 Å². The second kappa shape index (κ2) is 3.93. The summed E-state index contributed by atoms with van der Waals surface area (Å²) in [5.41, 5.74) is 0.0381. The van der Waals surface area contributed by atoms with Crippen molar-refractivity contribution in [2.24, 2.45) is 5.41 Å². The molecule has 0 bridgehead atoms. The molecule has 0 aromatic heterocycles.